The van der Waals surface area contributed by atoms with Crippen LogP contribution < -0.4 is 4.74 Å². The van der Waals surface area contributed by atoms with Crippen molar-refractivity contribution in [3.63, 3.8) is 0 Å². The number of rotatable bonds is 4. The van der Waals surface area contributed by atoms with Gasteiger partial charge in [-0.05, 0) is 52.7 Å². The van der Waals surface area contributed by atoms with E-state index in [0.717, 1.165) is 11.4 Å². The van der Waals surface area contributed by atoms with Gasteiger partial charge in [0.05, 0.1) is 12.8 Å². The van der Waals surface area contributed by atoms with Gasteiger partial charge in [0.1, 0.15) is 5.75 Å². The molecule has 0 amide bonds. The van der Waals surface area contributed by atoms with E-state index >= 15 is 0 Å². The number of allylic oxidation sites excluding steroid dienone is 1. The first-order chi connectivity index (χ1) is 10.8. The van der Waals surface area contributed by atoms with Crippen LogP contribution in [-0.2, 0) is 0 Å². The van der Waals surface area contributed by atoms with E-state index in [1.54, 1.807) is 13.3 Å². The van der Waals surface area contributed by atoms with Gasteiger partial charge in [-0.2, -0.15) is 0 Å². The molecule has 3 rings (SSSR count). The summed E-state index contributed by atoms with van der Waals surface area (Å²) in [4.78, 5) is 4.39. The highest BCUT2D eigenvalue weighted by Gasteiger charge is 1.92. The Morgan fingerprint density at radius 3 is 2.41 bits per heavy atom. The number of aliphatic imine (C=N–C) groups is 1. The molecule has 0 saturated heterocycles. The third-order valence-corrected chi connectivity index (χ3v) is 3.44. The van der Waals surface area contributed by atoms with E-state index in [0.29, 0.717) is 0 Å². The minimum atomic E-state index is 0.839. The molecule has 3 aromatic rings. The van der Waals surface area contributed by atoms with Gasteiger partial charge in [-0.15, -0.1) is 0 Å². The summed E-state index contributed by atoms with van der Waals surface area (Å²) in [5.41, 5.74) is 2.07. The van der Waals surface area contributed by atoms with Crippen molar-refractivity contribution in [1.82, 2.24) is 0 Å². The molecule has 0 spiro atoms. The van der Waals surface area contributed by atoms with E-state index in [9.17, 15) is 0 Å². The van der Waals surface area contributed by atoms with Crippen LogP contribution in [0.1, 0.15) is 5.56 Å². The Hall–Kier alpha value is -2.87. The lowest BCUT2D eigenvalue weighted by molar-refractivity contribution is 0.415. The minimum Gasteiger partial charge on any atom is -0.497 e. The monoisotopic (exact) mass is 287 g/mol. The number of fused-ring (bicyclic) bond motifs is 1. The fourth-order valence-electron chi connectivity index (χ4n) is 2.26. The molecule has 0 unspecified atom stereocenters. The maximum atomic E-state index is 5.12. The predicted molar refractivity (Wildman–Crippen MR) is 94.1 cm³/mol. The number of ether oxygens (including phenoxy) is 1. The van der Waals surface area contributed by atoms with Crippen LogP contribution in [0, 0.1) is 0 Å². The van der Waals surface area contributed by atoms with E-state index in [2.05, 4.69) is 53.5 Å². The largest absolute Gasteiger partial charge is 0.497 e. The second-order valence-corrected chi connectivity index (χ2v) is 4.94. The normalized spacial score (nSPS) is 11.5. The highest BCUT2D eigenvalue weighted by Crippen LogP contribution is 2.18. The Morgan fingerprint density at radius 2 is 1.64 bits per heavy atom. The molecular formula is C20H17NO. The zero-order chi connectivity index (χ0) is 15.2. The summed E-state index contributed by atoms with van der Waals surface area (Å²) in [6, 6.07) is 22.4. The minimum absolute atomic E-state index is 0.839. The zero-order valence-corrected chi connectivity index (χ0v) is 12.4. The van der Waals surface area contributed by atoms with Crippen LogP contribution in [0.3, 0.4) is 0 Å². The van der Waals surface area contributed by atoms with Crippen LogP contribution in [0.2, 0.25) is 0 Å². The van der Waals surface area contributed by atoms with Crippen molar-refractivity contribution in [3.05, 3.63) is 78.4 Å². The van der Waals surface area contributed by atoms with Gasteiger partial charge in [-0.3, -0.25) is 4.99 Å². The van der Waals surface area contributed by atoms with Gasteiger partial charge in [0.15, 0.2) is 0 Å². The number of nitrogens with zero attached hydrogens (tertiary/aromatic N) is 1. The van der Waals surface area contributed by atoms with Gasteiger partial charge >= 0.3 is 0 Å². The standard InChI is InChI=1S/C20H17NO/c1-22-20-12-10-19(11-13-20)21-14-4-5-16-8-9-17-6-2-3-7-18(17)15-16/h2-15H,1H3. The van der Waals surface area contributed by atoms with Crippen LogP contribution in [0.15, 0.2) is 77.8 Å². The highest BCUT2D eigenvalue weighted by molar-refractivity contribution is 5.86. The summed E-state index contributed by atoms with van der Waals surface area (Å²) < 4.78 is 5.12. The van der Waals surface area contributed by atoms with Crippen LogP contribution in [0.25, 0.3) is 16.8 Å². The van der Waals surface area contributed by atoms with Crippen molar-refractivity contribution in [2.75, 3.05) is 7.11 Å². The molecule has 0 heterocycles. The Bertz CT molecular complexity index is 816. The van der Waals surface area contributed by atoms with Crippen molar-refractivity contribution in [2.24, 2.45) is 4.99 Å². The van der Waals surface area contributed by atoms with E-state index in [1.807, 2.05) is 30.3 Å². The molecule has 0 N–H and O–H groups in total. The lowest BCUT2D eigenvalue weighted by Gasteiger charge is -1.99. The summed E-state index contributed by atoms with van der Waals surface area (Å²) in [7, 11) is 1.66. The maximum absolute atomic E-state index is 5.12. The molecule has 3 aromatic carbocycles. The fourth-order valence-corrected chi connectivity index (χ4v) is 2.26. The first kappa shape index (κ1) is 14.1. The second kappa shape index (κ2) is 6.72. The third-order valence-electron chi connectivity index (χ3n) is 3.44. The third kappa shape index (κ3) is 3.41. The van der Waals surface area contributed by atoms with Gasteiger partial charge in [0, 0.05) is 6.21 Å². The number of hydrogen-bond acceptors (Lipinski definition) is 2. The molecule has 0 radical (unpaired) electrons. The number of hydrogen-bond donors (Lipinski definition) is 0. The summed E-state index contributed by atoms with van der Waals surface area (Å²) in [6.45, 7) is 0. The maximum Gasteiger partial charge on any atom is 0.119 e. The zero-order valence-electron chi connectivity index (χ0n) is 12.4. The molecular weight excluding hydrogens is 270 g/mol. The second-order valence-electron chi connectivity index (χ2n) is 4.94. The molecule has 0 aliphatic rings. The van der Waals surface area contributed by atoms with Crippen LogP contribution in [-0.4, -0.2) is 13.3 Å². The molecule has 108 valence electrons. The lowest BCUT2D eigenvalue weighted by atomic mass is 10.1. The molecule has 0 aromatic heterocycles. The van der Waals surface area contributed by atoms with Crippen molar-refractivity contribution in [2.45, 2.75) is 0 Å². The predicted octanol–water partition coefficient (Wildman–Crippen LogP) is 5.26. The molecule has 2 heteroatoms. The SMILES string of the molecule is COc1ccc(N=CC=Cc2ccc3ccccc3c2)cc1. The van der Waals surface area contributed by atoms with Gasteiger partial charge < -0.3 is 4.74 Å². The summed E-state index contributed by atoms with van der Waals surface area (Å²) in [6.07, 6.45) is 5.81. The molecule has 0 bridgehead atoms. The lowest BCUT2D eigenvalue weighted by Crippen LogP contribution is -1.79. The summed E-state index contributed by atoms with van der Waals surface area (Å²) in [5, 5.41) is 2.50. The average Bonchev–Trinajstić information content (AvgIpc) is 2.59. The molecule has 0 aliphatic carbocycles. The average molecular weight is 287 g/mol. The summed E-state index contributed by atoms with van der Waals surface area (Å²) in [5.74, 6) is 0.839. The van der Waals surface area contributed by atoms with Crippen molar-refractivity contribution in [1.29, 1.82) is 0 Å². The highest BCUT2D eigenvalue weighted by atomic mass is 16.5. The molecule has 0 saturated carbocycles. The quantitative estimate of drug-likeness (QED) is 0.599. The molecule has 2 nitrogen and oxygen atoms in total. The Labute approximate surface area is 130 Å². The van der Waals surface area contributed by atoms with Crippen LogP contribution in [0.5, 0.6) is 5.75 Å². The Balaban J connectivity index is 1.70. The van der Waals surface area contributed by atoms with Gasteiger partial charge in [0.2, 0.25) is 0 Å². The molecule has 22 heavy (non-hydrogen) atoms. The first-order valence-electron chi connectivity index (χ1n) is 7.19. The number of methoxy groups -OCH3 is 1. The summed E-state index contributed by atoms with van der Waals surface area (Å²) >= 11 is 0. The fraction of sp³-hybridized carbons (Fsp3) is 0.0500. The van der Waals surface area contributed by atoms with E-state index < -0.39 is 0 Å². The topological polar surface area (TPSA) is 21.6 Å². The van der Waals surface area contributed by atoms with Crippen molar-refractivity contribution >= 4 is 28.8 Å². The van der Waals surface area contributed by atoms with Gasteiger partial charge in [0.25, 0.3) is 0 Å². The van der Waals surface area contributed by atoms with Gasteiger partial charge in [-0.25, -0.2) is 0 Å². The molecule has 0 atom stereocenters. The molecule has 0 aliphatic heterocycles. The first-order valence-corrected chi connectivity index (χ1v) is 7.19. The van der Waals surface area contributed by atoms with Crippen LogP contribution in [0.4, 0.5) is 5.69 Å². The Morgan fingerprint density at radius 1 is 0.864 bits per heavy atom. The van der Waals surface area contributed by atoms with Crippen LogP contribution >= 0.6 is 0 Å². The van der Waals surface area contributed by atoms with Gasteiger partial charge in [-0.1, -0.05) is 42.5 Å². The van der Waals surface area contributed by atoms with E-state index in [4.69, 9.17) is 4.74 Å². The Kier molecular flexibility index (Phi) is 4.30. The van der Waals surface area contributed by atoms with Crippen molar-refractivity contribution in [3.8, 4) is 5.75 Å². The van der Waals surface area contributed by atoms with Crippen molar-refractivity contribution < 1.29 is 4.74 Å². The molecule has 0 fully saturated rings. The van der Waals surface area contributed by atoms with E-state index in [-0.39, 0.29) is 0 Å². The number of benzene rings is 3. The van der Waals surface area contributed by atoms with E-state index in [1.165, 1.54) is 16.3 Å². The smallest absolute Gasteiger partial charge is 0.119 e.